The second kappa shape index (κ2) is 4.70. The van der Waals surface area contributed by atoms with E-state index in [2.05, 4.69) is 12.2 Å². The maximum Gasteiger partial charge on any atom is 0.0701 e. The van der Waals surface area contributed by atoms with Crippen LogP contribution in [0.2, 0.25) is 0 Å². The molecule has 1 saturated carbocycles. The highest BCUT2D eigenvalue weighted by Crippen LogP contribution is 2.22. The van der Waals surface area contributed by atoms with E-state index in [-0.39, 0.29) is 6.61 Å². The molecule has 0 radical (unpaired) electrons. The number of aliphatic hydroxyl groups is 1. The van der Waals surface area contributed by atoms with Gasteiger partial charge in [-0.3, -0.25) is 0 Å². The van der Waals surface area contributed by atoms with Crippen LogP contribution >= 0.6 is 0 Å². The maximum atomic E-state index is 8.46. The van der Waals surface area contributed by atoms with Crippen LogP contribution in [0.1, 0.15) is 19.8 Å². The zero-order valence-corrected chi connectivity index (χ0v) is 7.05. The van der Waals surface area contributed by atoms with Gasteiger partial charge in [-0.05, 0) is 19.4 Å². The van der Waals surface area contributed by atoms with Gasteiger partial charge in [-0.15, -0.1) is 0 Å². The van der Waals surface area contributed by atoms with E-state index in [9.17, 15) is 0 Å². The fraction of sp³-hybridized carbons (Fsp3) is 1.00. The zero-order valence-electron chi connectivity index (χ0n) is 7.05. The van der Waals surface area contributed by atoms with Gasteiger partial charge in [-0.25, -0.2) is 0 Å². The fourth-order valence-electron chi connectivity index (χ4n) is 1.38. The lowest BCUT2D eigenvalue weighted by Gasteiger charge is -2.35. The van der Waals surface area contributed by atoms with Gasteiger partial charge in [0.1, 0.15) is 0 Å². The predicted octanol–water partition coefficient (Wildman–Crippen LogP) is 0.136. The summed E-state index contributed by atoms with van der Waals surface area (Å²) in [6.07, 6.45) is 2.60. The molecule has 0 aromatic heterocycles. The Labute approximate surface area is 67.7 Å². The molecule has 2 N–H and O–H groups in total. The first-order valence-corrected chi connectivity index (χ1v) is 4.32. The summed E-state index contributed by atoms with van der Waals surface area (Å²) in [5, 5.41) is 11.8. The van der Waals surface area contributed by atoms with Crippen LogP contribution < -0.4 is 5.32 Å². The summed E-state index contributed by atoms with van der Waals surface area (Å²) < 4.78 is 5.31. The molecule has 1 fully saturated rings. The summed E-state index contributed by atoms with van der Waals surface area (Å²) in [6.45, 7) is 3.78. The van der Waals surface area contributed by atoms with Crippen molar-refractivity contribution in [2.75, 3.05) is 19.8 Å². The number of hydrogen-bond donors (Lipinski definition) is 2. The summed E-state index contributed by atoms with van der Waals surface area (Å²) in [5.41, 5.74) is 0. The van der Waals surface area contributed by atoms with Crippen LogP contribution in [-0.2, 0) is 4.74 Å². The molecule has 1 rings (SSSR count). The lowest BCUT2D eigenvalue weighted by atomic mass is 9.89. The van der Waals surface area contributed by atoms with Gasteiger partial charge in [0.05, 0.1) is 19.3 Å². The topological polar surface area (TPSA) is 41.5 Å². The van der Waals surface area contributed by atoms with Crippen molar-refractivity contribution >= 4 is 0 Å². The molecule has 0 aliphatic heterocycles. The molecule has 0 atom stereocenters. The van der Waals surface area contributed by atoms with Gasteiger partial charge in [0.25, 0.3) is 0 Å². The van der Waals surface area contributed by atoms with Crippen LogP contribution in [0.3, 0.4) is 0 Å². The van der Waals surface area contributed by atoms with Crippen LogP contribution in [0.5, 0.6) is 0 Å². The van der Waals surface area contributed by atoms with Crippen molar-refractivity contribution in [3.8, 4) is 0 Å². The van der Waals surface area contributed by atoms with Crippen LogP contribution in [0.4, 0.5) is 0 Å². The minimum atomic E-state index is 0.141. The van der Waals surface area contributed by atoms with E-state index in [4.69, 9.17) is 9.84 Å². The number of ether oxygens (including phenoxy) is 1. The van der Waals surface area contributed by atoms with E-state index in [0.717, 1.165) is 19.4 Å². The van der Waals surface area contributed by atoms with Gasteiger partial charge in [0, 0.05) is 6.04 Å². The predicted molar refractivity (Wildman–Crippen MR) is 43.5 cm³/mol. The average molecular weight is 159 g/mol. The molecule has 3 heteroatoms. The highest BCUT2D eigenvalue weighted by Gasteiger charge is 2.28. The van der Waals surface area contributed by atoms with Crippen LogP contribution in [0.15, 0.2) is 0 Å². The Hall–Kier alpha value is -0.120. The Morgan fingerprint density at radius 1 is 1.55 bits per heavy atom. The highest BCUT2D eigenvalue weighted by molar-refractivity contribution is 4.85. The number of rotatable bonds is 5. The molecule has 0 heterocycles. The first kappa shape index (κ1) is 8.97. The molecule has 66 valence electrons. The van der Waals surface area contributed by atoms with E-state index in [1.807, 2.05) is 0 Å². The third-order valence-electron chi connectivity index (χ3n) is 2.03. The SMILES string of the molecule is CCN[C@H]1C[C@@H](OCCO)C1. The molecule has 0 amide bonds. The van der Waals surface area contributed by atoms with Crippen molar-refractivity contribution in [2.45, 2.75) is 31.9 Å². The molecule has 0 aromatic carbocycles. The largest absolute Gasteiger partial charge is 0.394 e. The molecule has 0 unspecified atom stereocenters. The average Bonchev–Trinajstić information content (AvgIpc) is 1.94. The molecule has 11 heavy (non-hydrogen) atoms. The molecular weight excluding hydrogens is 142 g/mol. The highest BCUT2D eigenvalue weighted by atomic mass is 16.5. The number of hydrogen-bond acceptors (Lipinski definition) is 3. The zero-order chi connectivity index (χ0) is 8.10. The van der Waals surface area contributed by atoms with Crippen LogP contribution in [-0.4, -0.2) is 37.0 Å². The van der Waals surface area contributed by atoms with E-state index < -0.39 is 0 Å². The van der Waals surface area contributed by atoms with Gasteiger partial charge >= 0.3 is 0 Å². The fourth-order valence-corrected chi connectivity index (χ4v) is 1.38. The van der Waals surface area contributed by atoms with Crippen molar-refractivity contribution in [3.05, 3.63) is 0 Å². The Morgan fingerprint density at radius 3 is 2.82 bits per heavy atom. The van der Waals surface area contributed by atoms with E-state index >= 15 is 0 Å². The molecule has 0 saturated heterocycles. The third kappa shape index (κ3) is 2.77. The van der Waals surface area contributed by atoms with Gasteiger partial charge in [0.2, 0.25) is 0 Å². The summed E-state index contributed by atoms with van der Waals surface area (Å²) in [4.78, 5) is 0. The maximum absolute atomic E-state index is 8.46. The van der Waals surface area contributed by atoms with Gasteiger partial charge in [-0.2, -0.15) is 0 Å². The quantitative estimate of drug-likeness (QED) is 0.599. The monoisotopic (exact) mass is 159 g/mol. The molecule has 0 bridgehead atoms. The molecule has 1 aliphatic carbocycles. The summed E-state index contributed by atoms with van der Waals surface area (Å²) >= 11 is 0. The summed E-state index contributed by atoms with van der Waals surface area (Å²) in [5.74, 6) is 0. The van der Waals surface area contributed by atoms with Crippen molar-refractivity contribution in [1.29, 1.82) is 0 Å². The summed E-state index contributed by atoms with van der Waals surface area (Å²) in [6, 6.07) is 0.656. The van der Waals surface area contributed by atoms with Crippen LogP contribution in [0.25, 0.3) is 0 Å². The first-order valence-electron chi connectivity index (χ1n) is 4.32. The molecule has 0 spiro atoms. The standard InChI is InChI=1S/C8H17NO2/c1-2-9-7-5-8(6-7)11-4-3-10/h7-10H,2-6H2,1H3/t7-,8+. The van der Waals surface area contributed by atoms with Crippen molar-refractivity contribution < 1.29 is 9.84 Å². The van der Waals surface area contributed by atoms with Gasteiger partial charge in [-0.1, -0.05) is 6.92 Å². The Bertz CT molecular complexity index is 102. The molecular formula is C8H17NO2. The second-order valence-corrected chi connectivity index (χ2v) is 2.94. The lowest BCUT2D eigenvalue weighted by Crippen LogP contribution is -2.45. The lowest BCUT2D eigenvalue weighted by molar-refractivity contribution is -0.0295. The summed E-state index contributed by atoms with van der Waals surface area (Å²) in [7, 11) is 0. The Morgan fingerprint density at radius 2 is 2.27 bits per heavy atom. The molecule has 3 nitrogen and oxygen atoms in total. The number of nitrogens with one attached hydrogen (secondary N) is 1. The Kier molecular flexibility index (Phi) is 3.83. The molecule has 0 aromatic rings. The second-order valence-electron chi connectivity index (χ2n) is 2.94. The molecule has 1 aliphatic rings. The van der Waals surface area contributed by atoms with E-state index in [1.54, 1.807) is 0 Å². The minimum Gasteiger partial charge on any atom is -0.394 e. The van der Waals surface area contributed by atoms with E-state index in [0.29, 0.717) is 18.8 Å². The third-order valence-corrected chi connectivity index (χ3v) is 2.03. The van der Waals surface area contributed by atoms with Gasteiger partial charge < -0.3 is 15.2 Å². The minimum absolute atomic E-state index is 0.141. The van der Waals surface area contributed by atoms with Crippen LogP contribution in [0, 0.1) is 0 Å². The smallest absolute Gasteiger partial charge is 0.0701 e. The van der Waals surface area contributed by atoms with Crippen molar-refractivity contribution in [3.63, 3.8) is 0 Å². The Balaban J connectivity index is 1.92. The first-order chi connectivity index (χ1) is 5.36. The van der Waals surface area contributed by atoms with Gasteiger partial charge in [0.15, 0.2) is 0 Å². The van der Waals surface area contributed by atoms with Crippen molar-refractivity contribution in [2.24, 2.45) is 0 Å². The van der Waals surface area contributed by atoms with Crippen molar-refractivity contribution in [1.82, 2.24) is 5.32 Å². The normalized spacial score (nSPS) is 30.0. The number of aliphatic hydroxyl groups excluding tert-OH is 1. The van der Waals surface area contributed by atoms with E-state index in [1.165, 1.54) is 0 Å².